The predicted octanol–water partition coefficient (Wildman–Crippen LogP) is 5.70. The summed E-state index contributed by atoms with van der Waals surface area (Å²) in [5, 5.41) is 5.88. The van der Waals surface area contributed by atoms with Gasteiger partial charge in [-0.05, 0) is 38.1 Å². The van der Waals surface area contributed by atoms with Crippen LogP contribution in [0.5, 0.6) is 0 Å². The van der Waals surface area contributed by atoms with Crippen LogP contribution in [-0.4, -0.2) is 49.5 Å². The number of pyridine rings is 2. The van der Waals surface area contributed by atoms with E-state index >= 15 is 0 Å². The molecule has 0 fully saturated rings. The summed E-state index contributed by atoms with van der Waals surface area (Å²) in [6.45, 7) is 1.71. The second kappa shape index (κ2) is 10.9. The number of alkyl halides is 9. The molecular formula is C22H17F9N6O2. The molecule has 8 nitrogen and oxygen atoms in total. The van der Waals surface area contributed by atoms with E-state index in [1.807, 2.05) is 5.32 Å². The van der Waals surface area contributed by atoms with Gasteiger partial charge in [0.05, 0.1) is 11.7 Å². The van der Waals surface area contributed by atoms with E-state index in [0.717, 1.165) is 29.5 Å². The number of nitrogens with one attached hydrogen (secondary N) is 1. The number of esters is 1. The summed E-state index contributed by atoms with van der Waals surface area (Å²) >= 11 is 0. The largest absolute Gasteiger partial charge is 0.459 e. The molecular weight excluding hydrogens is 551 g/mol. The maximum Gasteiger partial charge on any atom is 0.433 e. The first-order chi connectivity index (χ1) is 17.9. The molecule has 0 aliphatic heterocycles. The average molecular weight is 568 g/mol. The Bertz CT molecular complexity index is 1310. The van der Waals surface area contributed by atoms with Crippen molar-refractivity contribution in [3.8, 4) is 11.4 Å². The lowest BCUT2D eigenvalue weighted by molar-refractivity contribution is -0.150. The molecule has 1 N–H and O–H groups in total. The van der Waals surface area contributed by atoms with Gasteiger partial charge in [-0.1, -0.05) is 0 Å². The van der Waals surface area contributed by atoms with E-state index in [-0.39, 0.29) is 17.0 Å². The lowest BCUT2D eigenvalue weighted by Gasteiger charge is -2.12. The molecule has 0 radical (unpaired) electrons. The Kier molecular flexibility index (Phi) is 8.21. The number of anilines is 1. The average Bonchev–Trinajstić information content (AvgIpc) is 3.28. The van der Waals surface area contributed by atoms with Crippen LogP contribution >= 0.6 is 0 Å². The van der Waals surface area contributed by atoms with Crippen molar-refractivity contribution in [1.29, 1.82) is 0 Å². The zero-order chi connectivity index (χ0) is 29.2. The number of ether oxygens (including phenoxy) is 1. The normalized spacial score (nSPS) is 13.1. The van der Waals surface area contributed by atoms with Gasteiger partial charge in [0.15, 0.2) is 5.82 Å². The summed E-state index contributed by atoms with van der Waals surface area (Å²) in [6.07, 6.45) is -12.5. The second-order valence-electron chi connectivity index (χ2n) is 8.07. The Morgan fingerprint density at radius 2 is 1.62 bits per heavy atom. The highest BCUT2D eigenvalue weighted by molar-refractivity contribution is 6.20. The number of rotatable bonds is 7. The van der Waals surface area contributed by atoms with Crippen molar-refractivity contribution in [1.82, 2.24) is 24.7 Å². The van der Waals surface area contributed by atoms with Crippen LogP contribution in [0.15, 0.2) is 36.8 Å². The minimum atomic E-state index is -5.19. The smallest absolute Gasteiger partial charge is 0.433 e. The van der Waals surface area contributed by atoms with Crippen LogP contribution in [0.4, 0.5) is 45.3 Å². The standard InChI is InChI=1S/C22H17F9N6O2/c1-11(2)39-19(38)14(12-3-4-17(32-7-12)33-9-20(23,24)25)8-37-10-34-18(36-37)13-5-15(21(26,27)28)35-16(6-13)22(29,30)31/h3-8,10-11H,9H2,1-2H3,(H,32,33)/b14-8+. The highest BCUT2D eigenvalue weighted by Crippen LogP contribution is 2.35. The predicted molar refractivity (Wildman–Crippen MR) is 117 cm³/mol. The first-order valence-corrected chi connectivity index (χ1v) is 10.7. The minimum Gasteiger partial charge on any atom is -0.459 e. The third-order valence-corrected chi connectivity index (χ3v) is 4.54. The van der Waals surface area contributed by atoms with Crippen molar-refractivity contribution >= 4 is 23.6 Å². The van der Waals surface area contributed by atoms with Gasteiger partial charge in [0, 0.05) is 23.5 Å². The first-order valence-electron chi connectivity index (χ1n) is 10.7. The van der Waals surface area contributed by atoms with Gasteiger partial charge in [-0.25, -0.2) is 24.4 Å². The van der Waals surface area contributed by atoms with Crippen LogP contribution in [0, 0.1) is 0 Å². The van der Waals surface area contributed by atoms with Crippen molar-refractivity contribution in [2.24, 2.45) is 0 Å². The molecule has 210 valence electrons. The molecule has 0 amide bonds. The van der Waals surface area contributed by atoms with Crippen LogP contribution in [0.3, 0.4) is 0 Å². The van der Waals surface area contributed by atoms with Gasteiger partial charge in [0.1, 0.15) is 30.1 Å². The van der Waals surface area contributed by atoms with E-state index in [0.29, 0.717) is 12.1 Å². The van der Waals surface area contributed by atoms with Crippen LogP contribution in [0.25, 0.3) is 23.2 Å². The Labute approximate surface area is 213 Å². The van der Waals surface area contributed by atoms with Gasteiger partial charge in [-0.15, -0.1) is 5.10 Å². The van der Waals surface area contributed by atoms with E-state index in [4.69, 9.17) is 4.74 Å². The van der Waals surface area contributed by atoms with Crippen LogP contribution in [0.2, 0.25) is 0 Å². The molecule has 3 heterocycles. The van der Waals surface area contributed by atoms with Crippen molar-refractivity contribution in [3.05, 3.63) is 53.7 Å². The number of nitrogens with zero attached hydrogens (tertiary/aromatic N) is 5. The molecule has 0 spiro atoms. The zero-order valence-corrected chi connectivity index (χ0v) is 19.8. The molecule has 0 saturated heterocycles. The zero-order valence-electron chi connectivity index (χ0n) is 19.8. The Balaban J connectivity index is 2.00. The van der Waals surface area contributed by atoms with Gasteiger partial charge in [0.25, 0.3) is 0 Å². The molecule has 39 heavy (non-hydrogen) atoms. The molecule has 0 aromatic carbocycles. The quantitative estimate of drug-likeness (QED) is 0.222. The topological polar surface area (TPSA) is 94.8 Å². The molecule has 0 unspecified atom stereocenters. The number of aromatic nitrogens is 5. The number of hydrogen-bond donors (Lipinski definition) is 1. The van der Waals surface area contributed by atoms with E-state index in [1.165, 1.54) is 19.9 Å². The van der Waals surface area contributed by atoms with Crippen molar-refractivity contribution in [2.75, 3.05) is 11.9 Å². The van der Waals surface area contributed by atoms with Crippen molar-refractivity contribution in [3.63, 3.8) is 0 Å². The van der Waals surface area contributed by atoms with Crippen molar-refractivity contribution < 1.29 is 49.0 Å². The van der Waals surface area contributed by atoms with Crippen LogP contribution < -0.4 is 5.32 Å². The van der Waals surface area contributed by atoms with Gasteiger partial charge in [-0.2, -0.15) is 39.5 Å². The molecule has 3 rings (SSSR count). The molecule has 3 aromatic heterocycles. The Morgan fingerprint density at radius 3 is 2.10 bits per heavy atom. The van der Waals surface area contributed by atoms with Gasteiger partial charge >= 0.3 is 24.5 Å². The van der Waals surface area contributed by atoms with E-state index in [1.54, 1.807) is 0 Å². The van der Waals surface area contributed by atoms with Gasteiger partial charge in [-0.3, -0.25) is 0 Å². The Hall–Kier alpha value is -4.18. The minimum absolute atomic E-state index is 0.0536. The fourth-order valence-corrected chi connectivity index (χ4v) is 2.92. The maximum absolute atomic E-state index is 13.1. The molecule has 0 atom stereocenters. The number of halogens is 9. The van der Waals surface area contributed by atoms with Gasteiger partial charge in [0.2, 0.25) is 0 Å². The SMILES string of the molecule is CC(C)OC(=O)/C(=C/n1cnc(-c2cc(C(F)(F)F)nc(C(F)(F)F)c2)n1)c1ccc(NCC(F)(F)F)nc1. The molecule has 17 heteroatoms. The monoisotopic (exact) mass is 568 g/mol. The summed E-state index contributed by atoms with van der Waals surface area (Å²) in [7, 11) is 0. The maximum atomic E-state index is 13.1. The first kappa shape index (κ1) is 29.4. The summed E-state index contributed by atoms with van der Waals surface area (Å²) in [6, 6.07) is 3.07. The summed E-state index contributed by atoms with van der Waals surface area (Å²) in [5.41, 5.74) is -4.46. The third kappa shape index (κ3) is 8.15. The molecule has 0 saturated carbocycles. The molecule has 0 aliphatic rings. The highest BCUT2D eigenvalue weighted by Gasteiger charge is 2.39. The van der Waals surface area contributed by atoms with E-state index in [9.17, 15) is 44.3 Å². The number of carbonyl (C=O) groups is 1. The fourth-order valence-electron chi connectivity index (χ4n) is 2.92. The van der Waals surface area contributed by atoms with Gasteiger partial charge < -0.3 is 10.1 Å². The highest BCUT2D eigenvalue weighted by atomic mass is 19.4. The summed E-state index contributed by atoms with van der Waals surface area (Å²) < 4.78 is 122. The number of carbonyl (C=O) groups excluding carboxylic acids is 1. The van der Waals surface area contributed by atoms with Crippen LogP contribution in [0.1, 0.15) is 30.8 Å². The van der Waals surface area contributed by atoms with Crippen LogP contribution in [-0.2, 0) is 21.9 Å². The molecule has 0 aliphatic carbocycles. The lowest BCUT2D eigenvalue weighted by Crippen LogP contribution is -2.21. The molecule has 3 aromatic rings. The van der Waals surface area contributed by atoms with E-state index in [2.05, 4.69) is 20.1 Å². The molecule has 0 bridgehead atoms. The second-order valence-corrected chi connectivity index (χ2v) is 8.07. The summed E-state index contributed by atoms with van der Waals surface area (Å²) in [5.74, 6) is -1.64. The van der Waals surface area contributed by atoms with Crippen molar-refractivity contribution in [2.45, 2.75) is 38.5 Å². The fraction of sp³-hybridized carbons (Fsp3) is 0.318. The van der Waals surface area contributed by atoms with E-state index < -0.39 is 59.9 Å². The number of hydrogen-bond acceptors (Lipinski definition) is 7. The third-order valence-electron chi connectivity index (χ3n) is 4.54. The Morgan fingerprint density at radius 1 is 1.00 bits per heavy atom. The summed E-state index contributed by atoms with van der Waals surface area (Å²) in [4.78, 5) is 22.8. The lowest BCUT2D eigenvalue weighted by atomic mass is 10.1.